The lowest BCUT2D eigenvalue weighted by Gasteiger charge is -2.15. The van der Waals surface area contributed by atoms with E-state index < -0.39 is 16.0 Å². The Hall–Kier alpha value is -4.25. The summed E-state index contributed by atoms with van der Waals surface area (Å²) in [6.07, 6.45) is 3.39. The van der Waals surface area contributed by atoms with Crippen LogP contribution in [-0.4, -0.2) is 43.1 Å². The van der Waals surface area contributed by atoms with Crippen molar-refractivity contribution in [2.75, 3.05) is 18.9 Å². The number of aromatic nitrogens is 2. The summed E-state index contributed by atoms with van der Waals surface area (Å²) in [6, 6.07) is 14.5. The molecular weight excluding hydrogens is 474 g/mol. The number of imidazole rings is 1. The molecule has 0 saturated heterocycles. The highest BCUT2D eigenvalue weighted by molar-refractivity contribution is 7.92. The first-order valence-electron chi connectivity index (χ1n) is 10.4. The van der Waals surface area contributed by atoms with Gasteiger partial charge in [-0.1, -0.05) is 12.1 Å². The Morgan fingerprint density at radius 2 is 1.80 bits per heavy atom. The van der Waals surface area contributed by atoms with Crippen LogP contribution in [0.5, 0.6) is 17.2 Å². The predicted octanol–water partition coefficient (Wildman–Crippen LogP) is 3.36. The van der Waals surface area contributed by atoms with Crippen LogP contribution in [0.15, 0.2) is 71.9 Å². The van der Waals surface area contributed by atoms with Crippen LogP contribution in [0.3, 0.4) is 0 Å². The van der Waals surface area contributed by atoms with Gasteiger partial charge in [0.25, 0.3) is 10.0 Å². The summed E-state index contributed by atoms with van der Waals surface area (Å²) in [5.41, 5.74) is 2.01. The van der Waals surface area contributed by atoms with E-state index >= 15 is 0 Å². The van der Waals surface area contributed by atoms with Crippen LogP contribution < -0.4 is 18.9 Å². The number of carboxylic acids is 1. The summed E-state index contributed by atoms with van der Waals surface area (Å²) in [5, 5.41) is 9.05. The minimum absolute atomic E-state index is 0.0865. The predicted molar refractivity (Wildman–Crippen MR) is 128 cm³/mol. The van der Waals surface area contributed by atoms with Crippen LogP contribution in [-0.2, 0) is 27.8 Å². The topological polar surface area (TPSA) is 128 Å². The number of nitrogens with one attached hydrogen (secondary N) is 1. The van der Waals surface area contributed by atoms with Gasteiger partial charge in [-0.25, -0.2) is 13.4 Å². The second-order valence-corrected chi connectivity index (χ2v) is 9.16. The zero-order chi connectivity index (χ0) is 25.0. The molecule has 2 heterocycles. The van der Waals surface area contributed by atoms with Crippen LogP contribution in [0, 0.1) is 0 Å². The number of nitrogens with zero attached hydrogens (tertiary/aromatic N) is 2. The minimum atomic E-state index is -4.12. The fourth-order valence-electron chi connectivity index (χ4n) is 3.49. The molecule has 35 heavy (non-hydrogen) atoms. The number of carboxylic acid groups (broad SMARTS) is 1. The van der Waals surface area contributed by atoms with E-state index in [0.29, 0.717) is 22.8 Å². The number of ether oxygens (including phenoxy) is 3. The number of sulfonamides is 1. The van der Waals surface area contributed by atoms with Gasteiger partial charge in [0.05, 0.1) is 32.0 Å². The number of hydrogen-bond acceptors (Lipinski definition) is 7. The van der Waals surface area contributed by atoms with E-state index in [0.717, 1.165) is 5.65 Å². The zero-order valence-corrected chi connectivity index (χ0v) is 19.8. The number of anilines is 1. The molecule has 0 saturated carbocycles. The molecule has 10 nitrogen and oxygen atoms in total. The molecule has 0 aliphatic heterocycles. The average Bonchev–Trinajstić information content (AvgIpc) is 3.25. The van der Waals surface area contributed by atoms with Gasteiger partial charge in [0.15, 0.2) is 11.5 Å². The van der Waals surface area contributed by atoms with Crippen molar-refractivity contribution in [3.05, 3.63) is 78.2 Å². The lowest BCUT2D eigenvalue weighted by Crippen LogP contribution is -2.15. The van der Waals surface area contributed by atoms with Crippen molar-refractivity contribution in [1.29, 1.82) is 0 Å². The quantitative estimate of drug-likeness (QED) is 0.341. The highest BCUT2D eigenvalue weighted by Gasteiger charge is 2.22. The number of rotatable bonds is 10. The molecule has 0 spiro atoms. The van der Waals surface area contributed by atoms with Crippen LogP contribution >= 0.6 is 0 Å². The molecule has 11 heteroatoms. The number of hydrogen-bond donors (Lipinski definition) is 2. The lowest BCUT2D eigenvalue weighted by atomic mass is 10.1. The molecule has 0 aliphatic rings. The maximum atomic E-state index is 13.1. The van der Waals surface area contributed by atoms with Crippen LogP contribution in [0.1, 0.15) is 11.3 Å². The van der Waals surface area contributed by atoms with Gasteiger partial charge in [0.1, 0.15) is 22.9 Å². The summed E-state index contributed by atoms with van der Waals surface area (Å²) >= 11 is 0. The lowest BCUT2D eigenvalue weighted by molar-refractivity contribution is -0.136. The Balaban J connectivity index is 1.58. The highest BCUT2D eigenvalue weighted by Crippen LogP contribution is 2.33. The number of carbonyl (C=O) groups is 1. The Morgan fingerprint density at radius 3 is 2.51 bits per heavy atom. The third-order valence-corrected chi connectivity index (χ3v) is 6.48. The molecule has 0 atom stereocenters. The molecule has 0 unspecified atom stereocenters. The van der Waals surface area contributed by atoms with Gasteiger partial charge >= 0.3 is 5.97 Å². The van der Waals surface area contributed by atoms with Crippen LogP contribution in [0.2, 0.25) is 0 Å². The first-order chi connectivity index (χ1) is 16.8. The number of methoxy groups -OCH3 is 2. The molecule has 2 N–H and O–H groups in total. The number of pyridine rings is 1. The van der Waals surface area contributed by atoms with Gasteiger partial charge in [-0.15, -0.1) is 0 Å². The van der Waals surface area contributed by atoms with E-state index in [1.165, 1.54) is 44.6 Å². The van der Waals surface area contributed by atoms with E-state index in [1.54, 1.807) is 6.07 Å². The molecule has 2 aromatic carbocycles. The van der Waals surface area contributed by atoms with E-state index in [9.17, 15) is 13.2 Å². The Labute approximate surface area is 201 Å². The third kappa shape index (κ3) is 5.46. The average molecular weight is 498 g/mol. The number of fused-ring (bicyclic) bond motifs is 1. The number of benzene rings is 2. The standard InChI is InChI=1S/C24H23N3O7S/c1-32-19-9-7-17(13-21(19)34-15-18-14-27-10-4-3-5-23(27)25-18)26-35(30,31)22-11-16(12-24(28)29)6-8-20(22)33-2/h3-11,13-14,26H,12,15H2,1-2H3,(H,28,29). The fourth-order valence-corrected chi connectivity index (χ4v) is 4.76. The van der Waals surface area contributed by atoms with Crippen molar-refractivity contribution >= 4 is 27.3 Å². The van der Waals surface area contributed by atoms with E-state index in [1.807, 2.05) is 35.0 Å². The molecule has 4 rings (SSSR count). The normalized spacial score (nSPS) is 11.3. The van der Waals surface area contributed by atoms with E-state index in [2.05, 4.69) is 9.71 Å². The van der Waals surface area contributed by atoms with Crippen molar-refractivity contribution < 1.29 is 32.5 Å². The fraction of sp³-hybridized carbons (Fsp3) is 0.167. The van der Waals surface area contributed by atoms with Crippen molar-refractivity contribution in [3.63, 3.8) is 0 Å². The van der Waals surface area contributed by atoms with E-state index in [4.69, 9.17) is 19.3 Å². The molecule has 0 bridgehead atoms. The first-order valence-corrected chi connectivity index (χ1v) is 11.9. The van der Waals surface area contributed by atoms with Gasteiger partial charge in [-0.05, 0) is 42.0 Å². The SMILES string of the molecule is COc1ccc(NS(=O)(=O)c2cc(CC(=O)O)ccc2OC)cc1OCc1cn2ccccc2n1. The minimum Gasteiger partial charge on any atom is -0.495 e. The van der Waals surface area contributed by atoms with Crippen LogP contribution in [0.4, 0.5) is 5.69 Å². The summed E-state index contributed by atoms with van der Waals surface area (Å²) in [4.78, 5) is 15.4. The summed E-state index contributed by atoms with van der Waals surface area (Å²) < 4.78 is 47.1. The van der Waals surface area contributed by atoms with E-state index in [-0.39, 0.29) is 29.4 Å². The summed E-state index contributed by atoms with van der Waals surface area (Å²) in [7, 11) is -1.30. The van der Waals surface area contributed by atoms with Gasteiger partial charge in [-0.3, -0.25) is 9.52 Å². The smallest absolute Gasteiger partial charge is 0.307 e. The molecule has 0 amide bonds. The van der Waals surface area contributed by atoms with Crippen molar-refractivity contribution in [2.24, 2.45) is 0 Å². The third-order valence-electron chi connectivity index (χ3n) is 5.08. The molecule has 182 valence electrons. The Morgan fingerprint density at radius 1 is 1.03 bits per heavy atom. The largest absolute Gasteiger partial charge is 0.495 e. The molecule has 2 aromatic heterocycles. The maximum absolute atomic E-state index is 13.1. The monoisotopic (exact) mass is 497 g/mol. The van der Waals surface area contributed by atoms with Crippen molar-refractivity contribution in [1.82, 2.24) is 9.38 Å². The molecule has 0 radical (unpaired) electrons. The Bertz CT molecular complexity index is 1450. The Kier molecular flexibility index (Phi) is 6.78. The zero-order valence-electron chi connectivity index (χ0n) is 19.0. The second-order valence-electron chi connectivity index (χ2n) is 7.51. The molecule has 0 aliphatic carbocycles. The van der Waals surface area contributed by atoms with Crippen molar-refractivity contribution in [3.8, 4) is 17.2 Å². The van der Waals surface area contributed by atoms with Crippen molar-refractivity contribution in [2.45, 2.75) is 17.9 Å². The molecule has 4 aromatic rings. The van der Waals surface area contributed by atoms with Gasteiger partial charge < -0.3 is 23.7 Å². The highest BCUT2D eigenvalue weighted by atomic mass is 32.2. The summed E-state index contributed by atoms with van der Waals surface area (Å²) in [5.74, 6) is -0.258. The number of aliphatic carboxylic acids is 1. The van der Waals surface area contributed by atoms with Crippen LogP contribution in [0.25, 0.3) is 5.65 Å². The maximum Gasteiger partial charge on any atom is 0.307 e. The molecule has 0 fully saturated rings. The second kappa shape index (κ2) is 9.94. The van der Waals surface area contributed by atoms with Gasteiger partial charge in [0, 0.05) is 18.5 Å². The van der Waals surface area contributed by atoms with Gasteiger partial charge in [-0.2, -0.15) is 0 Å². The molecular formula is C24H23N3O7S. The van der Waals surface area contributed by atoms with Gasteiger partial charge in [0.2, 0.25) is 0 Å². The summed E-state index contributed by atoms with van der Waals surface area (Å²) in [6.45, 7) is 0.138. The first kappa shape index (κ1) is 23.9.